The molecule has 0 bridgehead atoms. The number of rotatable bonds is 6. The van der Waals surface area contributed by atoms with E-state index in [2.05, 4.69) is 4.98 Å². The molecule has 0 aliphatic carbocycles. The summed E-state index contributed by atoms with van der Waals surface area (Å²) in [6.07, 6.45) is 0. The Bertz CT molecular complexity index is 1070. The largest absolute Gasteiger partial charge is 0.294 e. The van der Waals surface area contributed by atoms with E-state index in [1.54, 1.807) is 6.92 Å². The maximum Gasteiger partial charge on any atom is 0.160 e. The number of carbonyl (C=O) groups is 1. The number of ketones is 1. The first kappa shape index (κ1) is 20.9. The SMILES string of the molecule is CC(=O)c1c(C)cc(C)c(CS(=O)Cc2csc(-c3ccccc3Cl)n2)c1C. The number of hydrogen-bond acceptors (Lipinski definition) is 4. The number of carbonyl (C=O) groups excluding carboxylic acids is 1. The smallest absolute Gasteiger partial charge is 0.160 e. The van der Waals surface area contributed by atoms with Crippen molar-refractivity contribution in [3.05, 3.63) is 74.2 Å². The zero-order valence-electron chi connectivity index (χ0n) is 16.3. The van der Waals surface area contributed by atoms with Gasteiger partial charge >= 0.3 is 0 Å². The van der Waals surface area contributed by atoms with Gasteiger partial charge in [0, 0.05) is 33.1 Å². The number of Topliss-reactive ketones (excluding diaryl/α,β-unsaturated/α-hetero) is 1. The Balaban J connectivity index is 1.80. The maximum atomic E-state index is 12.8. The quantitative estimate of drug-likeness (QED) is 0.447. The van der Waals surface area contributed by atoms with Crippen LogP contribution in [0.1, 0.15) is 45.2 Å². The van der Waals surface area contributed by atoms with Gasteiger partial charge in [0.15, 0.2) is 5.78 Å². The van der Waals surface area contributed by atoms with Crippen LogP contribution in [0.25, 0.3) is 10.6 Å². The van der Waals surface area contributed by atoms with Crippen LogP contribution in [-0.4, -0.2) is 15.0 Å². The summed E-state index contributed by atoms with van der Waals surface area (Å²) in [5, 5.41) is 3.43. The summed E-state index contributed by atoms with van der Waals surface area (Å²) in [7, 11) is -1.12. The Morgan fingerprint density at radius 2 is 1.86 bits per heavy atom. The van der Waals surface area contributed by atoms with Gasteiger partial charge in [-0.2, -0.15) is 0 Å². The van der Waals surface area contributed by atoms with Crippen LogP contribution in [0.2, 0.25) is 5.02 Å². The van der Waals surface area contributed by atoms with Crippen LogP contribution in [0.4, 0.5) is 0 Å². The number of hydrogen-bond donors (Lipinski definition) is 0. The van der Waals surface area contributed by atoms with Crippen LogP contribution in [0.15, 0.2) is 35.7 Å². The predicted octanol–water partition coefficient (Wildman–Crippen LogP) is 6.04. The summed E-state index contributed by atoms with van der Waals surface area (Å²) in [6.45, 7) is 7.48. The van der Waals surface area contributed by atoms with Crippen molar-refractivity contribution in [3.63, 3.8) is 0 Å². The molecule has 1 unspecified atom stereocenters. The molecule has 1 heterocycles. The summed E-state index contributed by atoms with van der Waals surface area (Å²) in [5.41, 5.74) is 6.41. The van der Waals surface area contributed by atoms with E-state index in [0.29, 0.717) is 16.5 Å². The molecule has 0 radical (unpaired) electrons. The Morgan fingerprint density at radius 3 is 2.54 bits per heavy atom. The molecule has 28 heavy (non-hydrogen) atoms. The average molecular weight is 432 g/mol. The van der Waals surface area contributed by atoms with Gasteiger partial charge in [0.25, 0.3) is 0 Å². The second-order valence-electron chi connectivity index (χ2n) is 6.90. The Hall–Kier alpha value is -1.82. The lowest BCUT2D eigenvalue weighted by atomic mass is 9.92. The van der Waals surface area contributed by atoms with Gasteiger partial charge < -0.3 is 0 Å². The fourth-order valence-corrected chi connectivity index (χ4v) is 6.09. The zero-order valence-corrected chi connectivity index (χ0v) is 18.7. The first-order valence-electron chi connectivity index (χ1n) is 8.92. The van der Waals surface area contributed by atoms with Crippen molar-refractivity contribution < 1.29 is 9.00 Å². The number of thiazole rings is 1. The molecule has 0 saturated heterocycles. The van der Waals surface area contributed by atoms with E-state index < -0.39 is 10.8 Å². The Morgan fingerprint density at radius 1 is 1.14 bits per heavy atom. The summed E-state index contributed by atoms with van der Waals surface area (Å²) >= 11 is 7.75. The molecule has 2 aromatic carbocycles. The normalized spacial score (nSPS) is 12.2. The van der Waals surface area contributed by atoms with Crippen molar-refractivity contribution in [2.75, 3.05) is 0 Å². The van der Waals surface area contributed by atoms with E-state index in [9.17, 15) is 9.00 Å². The van der Waals surface area contributed by atoms with E-state index >= 15 is 0 Å². The van der Waals surface area contributed by atoms with Gasteiger partial charge in [-0.05, 0) is 56.0 Å². The highest BCUT2D eigenvalue weighted by Gasteiger charge is 2.17. The second kappa shape index (κ2) is 8.68. The standard InChI is InChI=1S/C22H22ClNO2S2/c1-13-9-14(2)21(16(4)25)15(3)19(13)12-28(26)11-17-10-27-22(24-17)18-7-5-6-8-20(18)23/h5-10H,11-12H2,1-4H3. The molecule has 6 heteroatoms. The van der Waals surface area contributed by atoms with Crippen molar-refractivity contribution in [1.29, 1.82) is 0 Å². The second-order valence-corrected chi connectivity index (χ2v) is 9.62. The summed E-state index contributed by atoms with van der Waals surface area (Å²) in [5.74, 6) is 0.839. The average Bonchev–Trinajstić information content (AvgIpc) is 3.06. The van der Waals surface area contributed by atoms with Gasteiger partial charge in [-0.1, -0.05) is 35.9 Å². The fraction of sp³-hybridized carbons (Fsp3) is 0.273. The van der Waals surface area contributed by atoms with Crippen molar-refractivity contribution in [3.8, 4) is 10.6 Å². The number of benzene rings is 2. The van der Waals surface area contributed by atoms with Crippen molar-refractivity contribution >= 4 is 39.5 Å². The van der Waals surface area contributed by atoms with Crippen LogP contribution in [0.3, 0.4) is 0 Å². The van der Waals surface area contributed by atoms with Crippen LogP contribution in [-0.2, 0) is 22.3 Å². The van der Waals surface area contributed by atoms with E-state index in [1.807, 2.05) is 56.5 Å². The molecular formula is C22H22ClNO2S2. The molecule has 0 spiro atoms. The molecule has 1 aromatic heterocycles. The van der Waals surface area contributed by atoms with Gasteiger partial charge in [0.1, 0.15) is 5.01 Å². The topological polar surface area (TPSA) is 47.0 Å². The zero-order chi connectivity index (χ0) is 20.4. The molecule has 146 valence electrons. The van der Waals surface area contributed by atoms with Gasteiger partial charge in [0.2, 0.25) is 0 Å². The molecular weight excluding hydrogens is 410 g/mol. The van der Waals surface area contributed by atoms with E-state index in [0.717, 1.165) is 44.1 Å². The number of aryl methyl sites for hydroxylation is 2. The highest BCUT2D eigenvalue weighted by Crippen LogP contribution is 2.31. The first-order valence-corrected chi connectivity index (χ1v) is 11.7. The summed E-state index contributed by atoms with van der Waals surface area (Å²) in [4.78, 5) is 16.6. The maximum absolute atomic E-state index is 12.8. The lowest BCUT2D eigenvalue weighted by Crippen LogP contribution is -2.09. The van der Waals surface area contributed by atoms with E-state index in [-0.39, 0.29) is 5.78 Å². The fourth-order valence-electron chi connectivity index (χ4n) is 3.50. The van der Waals surface area contributed by atoms with Crippen LogP contribution >= 0.6 is 22.9 Å². The van der Waals surface area contributed by atoms with Crippen molar-refractivity contribution in [2.24, 2.45) is 0 Å². The molecule has 0 N–H and O–H groups in total. The third-order valence-corrected chi connectivity index (χ3v) is 7.24. The van der Waals surface area contributed by atoms with Gasteiger partial charge in [-0.15, -0.1) is 11.3 Å². The number of aromatic nitrogens is 1. The Kier molecular flexibility index (Phi) is 6.48. The molecule has 0 aliphatic heterocycles. The third kappa shape index (κ3) is 4.43. The van der Waals surface area contributed by atoms with Gasteiger partial charge in [-0.3, -0.25) is 9.00 Å². The van der Waals surface area contributed by atoms with Crippen molar-refractivity contribution in [2.45, 2.75) is 39.2 Å². The van der Waals surface area contributed by atoms with E-state index in [1.165, 1.54) is 11.3 Å². The molecule has 3 nitrogen and oxygen atoms in total. The van der Waals surface area contributed by atoms with Crippen LogP contribution in [0, 0.1) is 20.8 Å². The predicted molar refractivity (Wildman–Crippen MR) is 119 cm³/mol. The highest BCUT2D eigenvalue weighted by atomic mass is 35.5. The monoisotopic (exact) mass is 431 g/mol. The van der Waals surface area contributed by atoms with Crippen molar-refractivity contribution in [1.82, 2.24) is 4.98 Å². The Labute approximate surface area is 177 Å². The minimum atomic E-state index is -1.12. The van der Waals surface area contributed by atoms with Crippen LogP contribution < -0.4 is 0 Å². The van der Waals surface area contributed by atoms with Gasteiger partial charge in [0.05, 0.1) is 16.5 Å². The number of nitrogens with zero attached hydrogens (tertiary/aromatic N) is 1. The molecule has 0 aliphatic rings. The minimum absolute atomic E-state index is 0.0471. The lowest BCUT2D eigenvalue weighted by Gasteiger charge is -2.15. The summed E-state index contributed by atoms with van der Waals surface area (Å²) < 4.78 is 12.8. The molecule has 3 rings (SSSR count). The van der Waals surface area contributed by atoms with Crippen LogP contribution in [0.5, 0.6) is 0 Å². The minimum Gasteiger partial charge on any atom is -0.294 e. The lowest BCUT2D eigenvalue weighted by molar-refractivity contribution is 0.101. The first-order chi connectivity index (χ1) is 13.3. The molecule has 0 saturated carbocycles. The molecule has 0 amide bonds. The molecule has 0 fully saturated rings. The highest BCUT2D eigenvalue weighted by molar-refractivity contribution is 7.83. The summed E-state index contributed by atoms with van der Waals surface area (Å²) in [6, 6.07) is 9.59. The van der Waals surface area contributed by atoms with Gasteiger partial charge in [-0.25, -0.2) is 4.98 Å². The van der Waals surface area contributed by atoms with E-state index in [4.69, 9.17) is 11.6 Å². The number of halogens is 1. The molecule has 3 aromatic rings. The molecule has 1 atom stereocenters. The third-order valence-electron chi connectivity index (χ3n) is 4.75.